The molecule has 2 fully saturated rings. The SMILES string of the molecule is C[C@H]1OCCC[C@H]1C(=O)N(C)CC1(O)CCOCC1. The third-order valence-corrected chi connectivity index (χ3v) is 4.26. The first-order valence-electron chi connectivity index (χ1n) is 7.18. The van der Waals surface area contributed by atoms with E-state index < -0.39 is 5.60 Å². The molecule has 5 nitrogen and oxygen atoms in total. The number of rotatable bonds is 3. The highest BCUT2D eigenvalue weighted by molar-refractivity contribution is 5.79. The highest BCUT2D eigenvalue weighted by atomic mass is 16.5. The van der Waals surface area contributed by atoms with Gasteiger partial charge in [-0.15, -0.1) is 0 Å². The van der Waals surface area contributed by atoms with Crippen LogP contribution in [0.5, 0.6) is 0 Å². The largest absolute Gasteiger partial charge is 0.388 e. The summed E-state index contributed by atoms with van der Waals surface area (Å²) < 4.78 is 10.8. The number of hydrogen-bond acceptors (Lipinski definition) is 4. The van der Waals surface area contributed by atoms with E-state index in [1.165, 1.54) is 0 Å². The van der Waals surface area contributed by atoms with Crippen molar-refractivity contribution >= 4 is 5.91 Å². The number of nitrogens with zero attached hydrogens (tertiary/aromatic N) is 1. The van der Waals surface area contributed by atoms with Crippen LogP contribution in [0.25, 0.3) is 0 Å². The fourth-order valence-corrected chi connectivity index (χ4v) is 2.96. The van der Waals surface area contributed by atoms with Crippen molar-refractivity contribution in [1.82, 2.24) is 4.90 Å². The quantitative estimate of drug-likeness (QED) is 0.825. The van der Waals surface area contributed by atoms with Crippen LogP contribution in [0, 0.1) is 5.92 Å². The van der Waals surface area contributed by atoms with Gasteiger partial charge in [-0.25, -0.2) is 0 Å². The van der Waals surface area contributed by atoms with Gasteiger partial charge in [-0.3, -0.25) is 4.79 Å². The molecule has 0 unspecified atom stereocenters. The summed E-state index contributed by atoms with van der Waals surface area (Å²) in [6.07, 6.45) is 2.99. The van der Waals surface area contributed by atoms with E-state index in [9.17, 15) is 9.90 Å². The van der Waals surface area contributed by atoms with Crippen molar-refractivity contribution in [2.45, 2.75) is 44.3 Å². The van der Waals surface area contributed by atoms with E-state index in [1.807, 2.05) is 6.92 Å². The molecule has 0 aliphatic carbocycles. The maximum Gasteiger partial charge on any atom is 0.228 e. The number of aliphatic hydroxyl groups is 1. The molecule has 0 spiro atoms. The third kappa shape index (κ3) is 3.68. The molecular weight excluding hydrogens is 246 g/mol. The van der Waals surface area contributed by atoms with Gasteiger partial charge in [0.1, 0.15) is 0 Å². The number of carbonyl (C=O) groups is 1. The zero-order valence-corrected chi connectivity index (χ0v) is 11.9. The molecule has 2 aliphatic rings. The fraction of sp³-hybridized carbons (Fsp3) is 0.929. The average molecular weight is 271 g/mol. The summed E-state index contributed by atoms with van der Waals surface area (Å²) in [6.45, 7) is 4.23. The maximum atomic E-state index is 12.4. The lowest BCUT2D eigenvalue weighted by atomic mass is 9.91. The molecule has 0 aromatic heterocycles. The molecule has 5 heteroatoms. The highest BCUT2D eigenvalue weighted by Crippen LogP contribution is 2.25. The Hall–Kier alpha value is -0.650. The zero-order chi connectivity index (χ0) is 13.9. The van der Waals surface area contributed by atoms with E-state index in [0.717, 1.165) is 19.4 Å². The summed E-state index contributed by atoms with van der Waals surface area (Å²) in [6, 6.07) is 0. The molecule has 110 valence electrons. The van der Waals surface area contributed by atoms with Crippen molar-refractivity contribution < 1.29 is 19.4 Å². The van der Waals surface area contributed by atoms with Crippen LogP contribution < -0.4 is 0 Å². The molecular formula is C14H25NO4. The van der Waals surface area contributed by atoms with Crippen molar-refractivity contribution in [3.8, 4) is 0 Å². The Morgan fingerprint density at radius 2 is 2.05 bits per heavy atom. The predicted molar refractivity (Wildman–Crippen MR) is 70.8 cm³/mol. The van der Waals surface area contributed by atoms with Gasteiger partial charge in [0.05, 0.1) is 17.6 Å². The molecule has 1 N–H and O–H groups in total. The minimum absolute atomic E-state index is 0.0203. The van der Waals surface area contributed by atoms with Gasteiger partial charge in [0, 0.05) is 46.3 Å². The lowest BCUT2D eigenvalue weighted by Gasteiger charge is -2.38. The Bertz CT molecular complexity index is 315. The number of carbonyl (C=O) groups excluding carboxylic acids is 1. The molecule has 0 radical (unpaired) electrons. The molecule has 2 aliphatic heterocycles. The first-order chi connectivity index (χ1) is 9.02. The Kier molecular flexibility index (Phi) is 4.81. The van der Waals surface area contributed by atoms with Crippen LogP contribution in [0.1, 0.15) is 32.6 Å². The van der Waals surface area contributed by atoms with Gasteiger partial charge in [-0.05, 0) is 19.8 Å². The Morgan fingerprint density at radius 1 is 1.37 bits per heavy atom. The highest BCUT2D eigenvalue weighted by Gasteiger charge is 2.36. The molecule has 0 saturated carbocycles. The fourth-order valence-electron chi connectivity index (χ4n) is 2.96. The van der Waals surface area contributed by atoms with Crippen LogP contribution >= 0.6 is 0 Å². The van der Waals surface area contributed by atoms with Crippen LogP contribution in [0.15, 0.2) is 0 Å². The first kappa shape index (κ1) is 14.8. The topological polar surface area (TPSA) is 59.0 Å². The van der Waals surface area contributed by atoms with E-state index in [-0.39, 0.29) is 17.9 Å². The number of hydrogen-bond donors (Lipinski definition) is 1. The Balaban J connectivity index is 1.91. The molecule has 0 aromatic carbocycles. The van der Waals surface area contributed by atoms with E-state index >= 15 is 0 Å². The van der Waals surface area contributed by atoms with Crippen LogP contribution in [0.4, 0.5) is 0 Å². The van der Waals surface area contributed by atoms with Crippen molar-refractivity contribution in [3.63, 3.8) is 0 Å². The molecule has 2 atom stereocenters. The van der Waals surface area contributed by atoms with Crippen molar-refractivity contribution in [2.24, 2.45) is 5.92 Å². The first-order valence-corrected chi connectivity index (χ1v) is 7.18. The lowest BCUT2D eigenvalue weighted by molar-refractivity contribution is -0.148. The normalized spacial score (nSPS) is 30.9. The number of amides is 1. The monoisotopic (exact) mass is 271 g/mol. The lowest BCUT2D eigenvalue weighted by Crippen LogP contribution is -2.50. The zero-order valence-electron chi connectivity index (χ0n) is 11.9. The van der Waals surface area contributed by atoms with Crippen molar-refractivity contribution in [3.05, 3.63) is 0 Å². The van der Waals surface area contributed by atoms with Gasteiger partial charge >= 0.3 is 0 Å². The number of likely N-dealkylation sites (N-methyl/N-ethyl adjacent to an activating group) is 1. The average Bonchev–Trinajstić information content (AvgIpc) is 2.39. The third-order valence-electron chi connectivity index (χ3n) is 4.26. The molecule has 19 heavy (non-hydrogen) atoms. The van der Waals surface area contributed by atoms with Crippen molar-refractivity contribution in [2.75, 3.05) is 33.4 Å². The van der Waals surface area contributed by atoms with Crippen LogP contribution in [-0.4, -0.2) is 61.0 Å². The van der Waals surface area contributed by atoms with Gasteiger partial charge in [0.2, 0.25) is 5.91 Å². The van der Waals surface area contributed by atoms with E-state index in [4.69, 9.17) is 9.47 Å². The van der Waals surface area contributed by atoms with Gasteiger partial charge in [-0.1, -0.05) is 0 Å². The molecule has 2 heterocycles. The van der Waals surface area contributed by atoms with E-state index in [1.54, 1.807) is 11.9 Å². The molecule has 1 amide bonds. The summed E-state index contributed by atoms with van der Waals surface area (Å²) in [5.41, 5.74) is -0.790. The maximum absolute atomic E-state index is 12.4. The summed E-state index contributed by atoms with van der Waals surface area (Å²) in [4.78, 5) is 14.1. The summed E-state index contributed by atoms with van der Waals surface area (Å²) in [5.74, 6) is 0.0225. The van der Waals surface area contributed by atoms with Crippen molar-refractivity contribution in [1.29, 1.82) is 0 Å². The van der Waals surface area contributed by atoms with E-state index in [0.29, 0.717) is 32.6 Å². The molecule has 2 rings (SSSR count). The smallest absolute Gasteiger partial charge is 0.228 e. The molecule has 2 saturated heterocycles. The summed E-state index contributed by atoms with van der Waals surface area (Å²) >= 11 is 0. The second-order valence-corrected chi connectivity index (χ2v) is 5.86. The second-order valence-electron chi connectivity index (χ2n) is 5.86. The summed E-state index contributed by atoms with van der Waals surface area (Å²) in [5, 5.41) is 10.4. The minimum Gasteiger partial charge on any atom is -0.388 e. The number of ether oxygens (including phenoxy) is 2. The second kappa shape index (κ2) is 6.20. The van der Waals surface area contributed by atoms with Gasteiger partial charge in [0.25, 0.3) is 0 Å². The predicted octanol–water partition coefficient (Wildman–Crippen LogP) is 0.801. The van der Waals surface area contributed by atoms with Crippen LogP contribution in [0.2, 0.25) is 0 Å². The van der Waals surface area contributed by atoms with Crippen LogP contribution in [-0.2, 0) is 14.3 Å². The van der Waals surface area contributed by atoms with Crippen LogP contribution in [0.3, 0.4) is 0 Å². The van der Waals surface area contributed by atoms with E-state index in [2.05, 4.69) is 0 Å². The molecule has 0 aromatic rings. The van der Waals surface area contributed by atoms with Gasteiger partial charge < -0.3 is 19.5 Å². The summed E-state index contributed by atoms with van der Waals surface area (Å²) in [7, 11) is 1.77. The molecule has 0 bridgehead atoms. The standard InChI is InChI=1S/C14H25NO4/c1-11-12(4-3-7-19-11)13(16)15(2)10-14(17)5-8-18-9-6-14/h11-12,17H,3-10H2,1-2H3/t11-,12-/m1/s1. The van der Waals surface area contributed by atoms with Gasteiger partial charge in [-0.2, -0.15) is 0 Å². The van der Waals surface area contributed by atoms with Gasteiger partial charge in [0.15, 0.2) is 0 Å². The minimum atomic E-state index is -0.790. The Labute approximate surface area is 114 Å². The Morgan fingerprint density at radius 3 is 2.68 bits per heavy atom.